The van der Waals surface area contributed by atoms with Crippen LogP contribution in [-0.2, 0) is 0 Å². The minimum absolute atomic E-state index is 0.201. The fraction of sp³-hybridized carbons (Fsp3) is 0.200. The molecule has 21 heavy (non-hydrogen) atoms. The zero-order valence-electron chi connectivity index (χ0n) is 11.7. The number of nitrogens with one attached hydrogen (secondary N) is 2. The van der Waals surface area contributed by atoms with Gasteiger partial charge in [-0.05, 0) is 53.5 Å². The Labute approximate surface area is 130 Å². The molecule has 6 heteroatoms. The Kier molecular flexibility index (Phi) is 4.90. The van der Waals surface area contributed by atoms with Crippen molar-refractivity contribution >= 4 is 33.3 Å². The maximum atomic E-state index is 13.8. The molecule has 1 amide bonds. The van der Waals surface area contributed by atoms with Crippen LogP contribution < -0.4 is 10.6 Å². The summed E-state index contributed by atoms with van der Waals surface area (Å²) >= 11 is 3.31. The van der Waals surface area contributed by atoms with Crippen molar-refractivity contribution in [1.29, 1.82) is 0 Å². The van der Waals surface area contributed by atoms with Crippen molar-refractivity contribution in [1.82, 2.24) is 4.98 Å². The molecule has 1 heterocycles. The van der Waals surface area contributed by atoms with Gasteiger partial charge in [-0.3, -0.25) is 4.79 Å². The molecule has 0 radical (unpaired) electrons. The van der Waals surface area contributed by atoms with Gasteiger partial charge in [-0.1, -0.05) is 6.07 Å². The Morgan fingerprint density at radius 1 is 1.43 bits per heavy atom. The van der Waals surface area contributed by atoms with Gasteiger partial charge in [-0.25, -0.2) is 9.37 Å². The van der Waals surface area contributed by atoms with Crippen molar-refractivity contribution in [3.8, 4) is 0 Å². The van der Waals surface area contributed by atoms with Crippen LogP contribution in [0.3, 0.4) is 0 Å². The lowest BCUT2D eigenvalue weighted by molar-refractivity contribution is 0.102. The number of aromatic nitrogens is 1. The number of rotatable bonds is 4. The molecule has 1 aromatic heterocycles. The summed E-state index contributed by atoms with van der Waals surface area (Å²) < 4.78 is 14.6. The quantitative estimate of drug-likeness (QED) is 0.875. The van der Waals surface area contributed by atoms with Crippen molar-refractivity contribution in [2.24, 2.45) is 0 Å². The summed E-state index contributed by atoms with van der Waals surface area (Å²) in [5.41, 5.74) is 1.27. The topological polar surface area (TPSA) is 54.0 Å². The number of carbonyl (C=O) groups excluding carboxylic acids is 1. The summed E-state index contributed by atoms with van der Waals surface area (Å²) in [6.07, 6.45) is 1.60. The van der Waals surface area contributed by atoms with E-state index in [-0.39, 0.29) is 11.3 Å². The van der Waals surface area contributed by atoms with E-state index in [1.165, 1.54) is 12.1 Å². The Morgan fingerprint density at radius 2 is 2.19 bits per heavy atom. The number of benzene rings is 1. The molecule has 2 N–H and O–H groups in total. The molecule has 0 bridgehead atoms. The summed E-state index contributed by atoms with van der Waals surface area (Å²) in [6.45, 7) is 4.20. The van der Waals surface area contributed by atoms with Crippen LogP contribution in [0.5, 0.6) is 0 Å². The second-order valence-corrected chi connectivity index (χ2v) is 5.38. The molecule has 2 rings (SSSR count). The predicted molar refractivity (Wildman–Crippen MR) is 85.2 cm³/mol. The van der Waals surface area contributed by atoms with E-state index >= 15 is 0 Å². The van der Waals surface area contributed by atoms with E-state index in [4.69, 9.17) is 0 Å². The third kappa shape index (κ3) is 3.58. The number of nitrogens with zero attached hydrogens (tertiary/aromatic N) is 1. The first kappa shape index (κ1) is 15.4. The molecule has 0 unspecified atom stereocenters. The lowest BCUT2D eigenvalue weighted by Crippen LogP contribution is -2.17. The first-order valence-electron chi connectivity index (χ1n) is 6.48. The van der Waals surface area contributed by atoms with Crippen LogP contribution >= 0.6 is 15.9 Å². The number of para-hydroxylation sites is 1. The van der Waals surface area contributed by atoms with E-state index in [0.717, 1.165) is 10.0 Å². The van der Waals surface area contributed by atoms with Gasteiger partial charge in [0.05, 0.1) is 11.3 Å². The molecular formula is C15H15BrFN3O. The fourth-order valence-corrected chi connectivity index (χ4v) is 2.36. The van der Waals surface area contributed by atoms with Crippen LogP contribution in [-0.4, -0.2) is 17.4 Å². The third-order valence-electron chi connectivity index (χ3n) is 2.89. The number of hydrogen-bond acceptors (Lipinski definition) is 3. The second kappa shape index (κ2) is 6.67. The average Bonchev–Trinajstić information content (AvgIpc) is 2.44. The smallest absolute Gasteiger partial charge is 0.259 e. The number of aryl methyl sites for hydroxylation is 1. The first-order valence-corrected chi connectivity index (χ1v) is 7.28. The van der Waals surface area contributed by atoms with Gasteiger partial charge >= 0.3 is 0 Å². The standard InChI is InChI=1S/C15H15BrFN3O/c1-3-18-13-11(5-4-6-12(13)17)15(21)20-14-9(2)7-10(16)8-19-14/h4-8,18H,3H2,1-2H3,(H,19,20,21). The Hall–Kier alpha value is -1.95. The molecule has 2 aromatic rings. The van der Waals surface area contributed by atoms with E-state index in [2.05, 4.69) is 31.5 Å². The highest BCUT2D eigenvalue weighted by atomic mass is 79.9. The Balaban J connectivity index is 2.30. The van der Waals surface area contributed by atoms with Crippen LogP contribution in [0.2, 0.25) is 0 Å². The summed E-state index contributed by atoms with van der Waals surface area (Å²) in [6, 6.07) is 6.24. The Morgan fingerprint density at radius 3 is 2.86 bits per heavy atom. The molecule has 0 aliphatic heterocycles. The maximum Gasteiger partial charge on any atom is 0.259 e. The number of anilines is 2. The molecular weight excluding hydrogens is 337 g/mol. The van der Waals surface area contributed by atoms with Crippen molar-refractivity contribution in [2.75, 3.05) is 17.2 Å². The largest absolute Gasteiger partial charge is 0.382 e. The predicted octanol–water partition coefficient (Wildman–Crippen LogP) is 3.98. The molecule has 110 valence electrons. The first-order chi connectivity index (χ1) is 10.0. The molecule has 0 saturated carbocycles. The number of carbonyl (C=O) groups is 1. The zero-order valence-corrected chi connectivity index (χ0v) is 13.3. The van der Waals surface area contributed by atoms with Crippen molar-refractivity contribution in [3.63, 3.8) is 0 Å². The normalized spacial score (nSPS) is 10.3. The van der Waals surface area contributed by atoms with Gasteiger partial charge in [0.25, 0.3) is 5.91 Å². The summed E-state index contributed by atoms with van der Waals surface area (Å²) in [7, 11) is 0. The van der Waals surface area contributed by atoms with E-state index < -0.39 is 11.7 Å². The van der Waals surface area contributed by atoms with E-state index in [9.17, 15) is 9.18 Å². The number of hydrogen-bond donors (Lipinski definition) is 2. The molecule has 0 atom stereocenters. The van der Waals surface area contributed by atoms with E-state index in [0.29, 0.717) is 12.4 Å². The van der Waals surface area contributed by atoms with Gasteiger partial charge in [0.2, 0.25) is 0 Å². The molecule has 1 aromatic carbocycles. The number of pyridine rings is 1. The van der Waals surface area contributed by atoms with Crippen molar-refractivity contribution in [2.45, 2.75) is 13.8 Å². The van der Waals surface area contributed by atoms with Crippen LogP contribution in [0.1, 0.15) is 22.8 Å². The lowest BCUT2D eigenvalue weighted by atomic mass is 10.1. The van der Waals surface area contributed by atoms with Crippen molar-refractivity contribution in [3.05, 3.63) is 51.9 Å². The zero-order chi connectivity index (χ0) is 15.4. The van der Waals surface area contributed by atoms with E-state index in [1.807, 2.05) is 19.9 Å². The molecule has 0 fully saturated rings. The van der Waals surface area contributed by atoms with Gasteiger partial charge in [0, 0.05) is 17.2 Å². The average molecular weight is 352 g/mol. The molecule has 0 saturated heterocycles. The summed E-state index contributed by atoms with van der Waals surface area (Å²) in [5.74, 6) is -0.400. The van der Waals surface area contributed by atoms with Gasteiger partial charge < -0.3 is 10.6 Å². The van der Waals surface area contributed by atoms with Gasteiger partial charge in [0.1, 0.15) is 11.6 Å². The summed E-state index contributed by atoms with van der Waals surface area (Å²) in [4.78, 5) is 16.5. The molecule has 4 nitrogen and oxygen atoms in total. The van der Waals surface area contributed by atoms with Crippen LogP contribution in [0.4, 0.5) is 15.9 Å². The highest BCUT2D eigenvalue weighted by molar-refractivity contribution is 9.10. The SMILES string of the molecule is CCNc1c(F)cccc1C(=O)Nc1ncc(Br)cc1C. The molecule has 0 spiro atoms. The van der Waals surface area contributed by atoms with Crippen LogP contribution in [0.15, 0.2) is 34.9 Å². The molecule has 0 aliphatic carbocycles. The van der Waals surface area contributed by atoms with Crippen LogP contribution in [0, 0.1) is 12.7 Å². The Bertz CT molecular complexity index is 676. The lowest BCUT2D eigenvalue weighted by Gasteiger charge is -2.12. The van der Waals surface area contributed by atoms with Crippen LogP contribution in [0.25, 0.3) is 0 Å². The number of halogens is 2. The minimum Gasteiger partial charge on any atom is -0.382 e. The van der Waals surface area contributed by atoms with Gasteiger partial charge in [-0.2, -0.15) is 0 Å². The van der Waals surface area contributed by atoms with Gasteiger partial charge in [0.15, 0.2) is 0 Å². The highest BCUT2D eigenvalue weighted by Crippen LogP contribution is 2.22. The number of amides is 1. The maximum absolute atomic E-state index is 13.8. The minimum atomic E-state index is -0.454. The van der Waals surface area contributed by atoms with Gasteiger partial charge in [-0.15, -0.1) is 0 Å². The fourth-order valence-electron chi connectivity index (χ4n) is 1.92. The third-order valence-corrected chi connectivity index (χ3v) is 3.32. The monoisotopic (exact) mass is 351 g/mol. The van der Waals surface area contributed by atoms with Crippen molar-refractivity contribution < 1.29 is 9.18 Å². The summed E-state index contributed by atoms with van der Waals surface area (Å²) in [5, 5.41) is 5.57. The second-order valence-electron chi connectivity index (χ2n) is 4.47. The molecule has 0 aliphatic rings. The highest BCUT2D eigenvalue weighted by Gasteiger charge is 2.16. The van der Waals surface area contributed by atoms with E-state index in [1.54, 1.807) is 12.3 Å².